The molecule has 0 aliphatic carbocycles. The van der Waals surface area contributed by atoms with Gasteiger partial charge in [-0.15, -0.1) is 0 Å². The monoisotopic (exact) mass is 295 g/mol. The molecule has 0 fully saturated rings. The van der Waals surface area contributed by atoms with E-state index >= 15 is 0 Å². The van der Waals surface area contributed by atoms with Gasteiger partial charge >= 0.3 is 0 Å². The normalized spacial score (nSPS) is 12.0. The van der Waals surface area contributed by atoms with E-state index in [1.165, 1.54) is 0 Å². The van der Waals surface area contributed by atoms with Crippen LogP contribution in [0.1, 0.15) is 45.9 Å². The number of carbonyl (C=O) groups is 1. The Morgan fingerprint density at radius 3 is 2.43 bits per heavy atom. The minimum atomic E-state index is -0.336. The van der Waals surface area contributed by atoms with Crippen LogP contribution in [0.15, 0.2) is 0 Å². The second-order valence-electron chi connectivity index (χ2n) is 6.80. The number of nitrogens with one attached hydrogen (secondary N) is 1. The third kappa shape index (κ3) is 4.74. The van der Waals surface area contributed by atoms with Crippen LogP contribution in [0.25, 0.3) is 0 Å². The van der Waals surface area contributed by atoms with Crippen LogP contribution >= 0.6 is 0 Å². The highest BCUT2D eigenvalue weighted by Gasteiger charge is 2.23. The third-order valence-electron chi connectivity index (χ3n) is 3.33. The SMILES string of the molecule is Cc1nn(C)c(N(CC(N)=O)C(C)C)c1CNC(C)(C)C. The number of aromatic nitrogens is 2. The predicted octanol–water partition coefficient (Wildman–Crippen LogP) is 1.32. The molecule has 0 aromatic carbocycles. The first kappa shape index (κ1) is 17.5. The molecule has 0 atom stereocenters. The molecule has 6 nitrogen and oxygen atoms in total. The lowest BCUT2D eigenvalue weighted by molar-refractivity contribution is -0.116. The van der Waals surface area contributed by atoms with E-state index in [9.17, 15) is 4.79 Å². The average molecular weight is 295 g/mol. The van der Waals surface area contributed by atoms with E-state index in [1.807, 2.05) is 37.4 Å². The fourth-order valence-corrected chi connectivity index (χ4v) is 2.28. The molecule has 6 heteroatoms. The Bertz CT molecular complexity index is 499. The maximum Gasteiger partial charge on any atom is 0.237 e. The van der Waals surface area contributed by atoms with Crippen molar-refractivity contribution in [3.05, 3.63) is 11.3 Å². The molecule has 0 saturated heterocycles. The molecule has 120 valence electrons. The Labute approximate surface area is 127 Å². The number of amides is 1. The molecule has 0 radical (unpaired) electrons. The summed E-state index contributed by atoms with van der Waals surface area (Å²) < 4.78 is 1.83. The zero-order valence-electron chi connectivity index (χ0n) is 14.3. The van der Waals surface area contributed by atoms with Crippen molar-refractivity contribution in [1.29, 1.82) is 0 Å². The second kappa shape index (κ2) is 6.47. The van der Waals surface area contributed by atoms with E-state index in [-0.39, 0.29) is 24.0 Å². The lowest BCUT2D eigenvalue weighted by Crippen LogP contribution is -2.41. The molecule has 1 rings (SSSR count). The Hall–Kier alpha value is -1.56. The fraction of sp³-hybridized carbons (Fsp3) is 0.733. The van der Waals surface area contributed by atoms with Crippen molar-refractivity contribution >= 4 is 11.7 Å². The highest BCUT2D eigenvalue weighted by atomic mass is 16.1. The maximum absolute atomic E-state index is 11.4. The summed E-state index contributed by atoms with van der Waals surface area (Å²) in [6.07, 6.45) is 0. The van der Waals surface area contributed by atoms with Gasteiger partial charge in [-0.25, -0.2) is 0 Å². The minimum absolute atomic E-state index is 0.0197. The van der Waals surface area contributed by atoms with Crippen LogP contribution in [0.2, 0.25) is 0 Å². The zero-order valence-corrected chi connectivity index (χ0v) is 14.3. The van der Waals surface area contributed by atoms with E-state index in [0.717, 1.165) is 17.1 Å². The van der Waals surface area contributed by atoms with Gasteiger partial charge in [0.1, 0.15) is 5.82 Å². The lowest BCUT2D eigenvalue weighted by Gasteiger charge is -2.29. The standard InChI is InChI=1S/C15H29N5O/c1-10(2)20(9-13(16)21)14-12(8-17-15(4,5)6)11(3)18-19(14)7/h10,17H,8-9H2,1-7H3,(H2,16,21). The Morgan fingerprint density at radius 2 is 2.00 bits per heavy atom. The molecule has 0 saturated carbocycles. The molecule has 0 spiro atoms. The molecule has 0 aliphatic heterocycles. The first-order valence-electron chi connectivity index (χ1n) is 7.35. The number of anilines is 1. The van der Waals surface area contributed by atoms with Gasteiger partial charge in [0.15, 0.2) is 0 Å². The quantitative estimate of drug-likeness (QED) is 0.830. The molecule has 1 aromatic heterocycles. The molecule has 21 heavy (non-hydrogen) atoms. The van der Waals surface area contributed by atoms with Gasteiger partial charge in [-0.2, -0.15) is 5.10 Å². The van der Waals surface area contributed by atoms with Crippen molar-refractivity contribution in [3.63, 3.8) is 0 Å². The van der Waals surface area contributed by atoms with Crippen LogP contribution in [0.5, 0.6) is 0 Å². The van der Waals surface area contributed by atoms with Gasteiger partial charge in [-0.3, -0.25) is 9.48 Å². The summed E-state index contributed by atoms with van der Waals surface area (Å²) in [4.78, 5) is 13.4. The minimum Gasteiger partial charge on any atom is -0.368 e. The highest BCUT2D eigenvalue weighted by Crippen LogP contribution is 2.25. The molecule has 1 aromatic rings. The Balaban J connectivity index is 3.17. The largest absolute Gasteiger partial charge is 0.368 e. The molecule has 1 amide bonds. The second-order valence-corrected chi connectivity index (χ2v) is 6.80. The van der Waals surface area contributed by atoms with Crippen LogP contribution in [-0.4, -0.2) is 33.8 Å². The first-order valence-corrected chi connectivity index (χ1v) is 7.35. The van der Waals surface area contributed by atoms with Gasteiger partial charge in [0.05, 0.1) is 12.2 Å². The Kier molecular flexibility index (Phi) is 5.39. The van der Waals surface area contributed by atoms with Crippen LogP contribution in [-0.2, 0) is 18.4 Å². The maximum atomic E-state index is 11.4. The number of primary amides is 1. The summed E-state index contributed by atoms with van der Waals surface area (Å²) in [6, 6.07) is 0.167. The van der Waals surface area contributed by atoms with Crippen molar-refractivity contribution in [3.8, 4) is 0 Å². The zero-order chi connectivity index (χ0) is 16.4. The summed E-state index contributed by atoms with van der Waals surface area (Å²) >= 11 is 0. The topological polar surface area (TPSA) is 76.2 Å². The van der Waals surface area contributed by atoms with E-state index < -0.39 is 0 Å². The molecule has 0 aliphatic rings. The lowest BCUT2D eigenvalue weighted by atomic mass is 10.1. The van der Waals surface area contributed by atoms with Crippen molar-refractivity contribution < 1.29 is 4.79 Å². The number of aryl methyl sites for hydroxylation is 2. The molecule has 0 bridgehead atoms. The summed E-state index contributed by atoms with van der Waals surface area (Å²) in [5.41, 5.74) is 7.50. The van der Waals surface area contributed by atoms with Gasteiger partial charge < -0.3 is 16.0 Å². The summed E-state index contributed by atoms with van der Waals surface area (Å²) in [6.45, 7) is 13.4. The van der Waals surface area contributed by atoms with Crippen molar-refractivity contribution in [2.24, 2.45) is 12.8 Å². The number of hydrogen-bond donors (Lipinski definition) is 2. The fourth-order valence-electron chi connectivity index (χ4n) is 2.28. The van der Waals surface area contributed by atoms with Crippen LogP contribution < -0.4 is 16.0 Å². The van der Waals surface area contributed by atoms with E-state index in [2.05, 4.69) is 31.2 Å². The van der Waals surface area contributed by atoms with Gasteiger partial charge in [-0.05, 0) is 41.5 Å². The van der Waals surface area contributed by atoms with Gasteiger partial charge in [-0.1, -0.05) is 0 Å². The van der Waals surface area contributed by atoms with Crippen molar-refractivity contribution in [2.75, 3.05) is 11.4 Å². The van der Waals surface area contributed by atoms with Crippen LogP contribution in [0.4, 0.5) is 5.82 Å². The number of nitrogens with two attached hydrogens (primary N) is 1. The Morgan fingerprint density at radius 1 is 1.43 bits per heavy atom. The smallest absolute Gasteiger partial charge is 0.237 e. The summed E-state index contributed by atoms with van der Waals surface area (Å²) in [7, 11) is 1.90. The molecule has 3 N–H and O–H groups in total. The summed E-state index contributed by atoms with van der Waals surface area (Å²) in [5, 5.41) is 7.99. The van der Waals surface area contributed by atoms with Gasteiger partial charge in [0.2, 0.25) is 5.91 Å². The number of carbonyl (C=O) groups excluding carboxylic acids is 1. The van der Waals surface area contributed by atoms with Gasteiger partial charge in [0.25, 0.3) is 0 Å². The predicted molar refractivity (Wildman–Crippen MR) is 86.2 cm³/mol. The van der Waals surface area contributed by atoms with E-state index in [0.29, 0.717) is 6.54 Å². The van der Waals surface area contributed by atoms with Crippen molar-refractivity contribution in [1.82, 2.24) is 15.1 Å². The molecule has 0 unspecified atom stereocenters. The molecule has 1 heterocycles. The van der Waals surface area contributed by atoms with Crippen molar-refractivity contribution in [2.45, 2.75) is 59.7 Å². The number of rotatable bonds is 6. The third-order valence-corrected chi connectivity index (χ3v) is 3.33. The average Bonchev–Trinajstić information content (AvgIpc) is 2.56. The molecular formula is C15H29N5O. The molecular weight excluding hydrogens is 266 g/mol. The number of nitrogens with zero attached hydrogens (tertiary/aromatic N) is 3. The van der Waals surface area contributed by atoms with E-state index in [4.69, 9.17) is 5.73 Å². The highest BCUT2D eigenvalue weighted by molar-refractivity contribution is 5.79. The van der Waals surface area contributed by atoms with E-state index in [1.54, 1.807) is 0 Å². The van der Waals surface area contributed by atoms with Crippen LogP contribution in [0.3, 0.4) is 0 Å². The summed E-state index contributed by atoms with van der Waals surface area (Å²) in [5.74, 6) is 0.621. The number of hydrogen-bond acceptors (Lipinski definition) is 4. The van der Waals surface area contributed by atoms with Gasteiger partial charge in [0, 0.05) is 30.7 Å². The first-order chi connectivity index (χ1) is 9.53. The van der Waals surface area contributed by atoms with Crippen LogP contribution in [0, 0.1) is 6.92 Å².